The van der Waals surface area contributed by atoms with Crippen molar-refractivity contribution in [3.63, 3.8) is 0 Å². The molecule has 0 unspecified atom stereocenters. The maximum absolute atomic E-state index is 12.1. The standard InChI is InChI=1S/C14H22N2O6S/c1-5-14(6-2)9(3)11(22-23(4,19)20)12(21-14)16-8-7-10(17)15-13(16)18/h7-9,11-12H,5-6H2,1-4H3,(H,15,17,18)/t9-,11-,12+/m0/s1. The van der Waals surface area contributed by atoms with Crippen LogP contribution in [0.15, 0.2) is 21.9 Å². The molecule has 1 aliphatic rings. The molecule has 0 spiro atoms. The van der Waals surface area contributed by atoms with E-state index in [1.165, 1.54) is 16.8 Å². The smallest absolute Gasteiger partial charge is 0.330 e. The van der Waals surface area contributed by atoms with Gasteiger partial charge in [-0.05, 0) is 12.8 Å². The molecule has 0 aromatic carbocycles. The first-order valence-electron chi connectivity index (χ1n) is 7.51. The van der Waals surface area contributed by atoms with E-state index in [2.05, 4.69) is 4.98 Å². The van der Waals surface area contributed by atoms with E-state index in [9.17, 15) is 18.0 Å². The van der Waals surface area contributed by atoms with Crippen molar-refractivity contribution in [2.75, 3.05) is 6.26 Å². The van der Waals surface area contributed by atoms with Crippen molar-refractivity contribution in [1.29, 1.82) is 0 Å². The summed E-state index contributed by atoms with van der Waals surface area (Å²) in [5.74, 6) is -0.254. The molecule has 9 heteroatoms. The minimum absolute atomic E-state index is 0.254. The molecule has 0 saturated carbocycles. The second-order valence-corrected chi connectivity index (χ2v) is 7.45. The Bertz CT molecular complexity index is 777. The summed E-state index contributed by atoms with van der Waals surface area (Å²) < 4.78 is 35.7. The van der Waals surface area contributed by atoms with Crippen LogP contribution in [0.25, 0.3) is 0 Å². The summed E-state index contributed by atoms with van der Waals surface area (Å²) in [7, 11) is -3.74. The van der Waals surface area contributed by atoms with Crippen LogP contribution in [0.1, 0.15) is 39.8 Å². The summed E-state index contributed by atoms with van der Waals surface area (Å²) in [6, 6.07) is 1.19. The van der Waals surface area contributed by atoms with Gasteiger partial charge in [0, 0.05) is 18.2 Å². The zero-order chi connectivity index (χ0) is 17.4. The molecule has 23 heavy (non-hydrogen) atoms. The van der Waals surface area contributed by atoms with Gasteiger partial charge in [0.2, 0.25) is 0 Å². The molecule has 0 bridgehead atoms. The quantitative estimate of drug-likeness (QED) is 0.783. The average Bonchev–Trinajstić information content (AvgIpc) is 2.71. The molecule has 8 nitrogen and oxygen atoms in total. The Balaban J connectivity index is 2.53. The molecule has 1 fully saturated rings. The normalized spacial score (nSPS) is 27.2. The van der Waals surface area contributed by atoms with E-state index in [0.29, 0.717) is 12.8 Å². The Labute approximate surface area is 134 Å². The van der Waals surface area contributed by atoms with Crippen molar-refractivity contribution in [2.24, 2.45) is 5.92 Å². The number of hydrogen-bond donors (Lipinski definition) is 1. The predicted molar refractivity (Wildman–Crippen MR) is 83.6 cm³/mol. The van der Waals surface area contributed by atoms with Gasteiger partial charge in [-0.25, -0.2) is 4.79 Å². The maximum atomic E-state index is 12.1. The van der Waals surface area contributed by atoms with Gasteiger partial charge in [-0.15, -0.1) is 0 Å². The summed E-state index contributed by atoms with van der Waals surface area (Å²) in [6.07, 6.45) is 1.76. The van der Waals surface area contributed by atoms with Gasteiger partial charge in [0.05, 0.1) is 11.9 Å². The van der Waals surface area contributed by atoms with Crippen molar-refractivity contribution in [3.8, 4) is 0 Å². The summed E-state index contributed by atoms with van der Waals surface area (Å²) >= 11 is 0. The predicted octanol–water partition coefficient (Wildman–Crippen LogP) is 0.605. The molecule has 2 rings (SSSR count). The topological polar surface area (TPSA) is 107 Å². The zero-order valence-electron chi connectivity index (χ0n) is 13.6. The minimum Gasteiger partial charge on any atom is -0.348 e. The van der Waals surface area contributed by atoms with E-state index in [0.717, 1.165) is 6.26 Å². The zero-order valence-corrected chi connectivity index (χ0v) is 14.4. The highest BCUT2D eigenvalue weighted by Gasteiger charge is 2.53. The molecule has 1 saturated heterocycles. The molecule has 1 aromatic rings. The highest BCUT2D eigenvalue weighted by molar-refractivity contribution is 7.86. The van der Waals surface area contributed by atoms with Crippen LogP contribution in [0.3, 0.4) is 0 Å². The van der Waals surface area contributed by atoms with Gasteiger partial charge in [0.15, 0.2) is 6.23 Å². The Morgan fingerprint density at radius 2 is 1.96 bits per heavy atom. The lowest BCUT2D eigenvalue weighted by Crippen LogP contribution is -2.38. The molecule has 3 atom stereocenters. The van der Waals surface area contributed by atoms with E-state index < -0.39 is 39.3 Å². The highest BCUT2D eigenvalue weighted by atomic mass is 32.2. The fraction of sp³-hybridized carbons (Fsp3) is 0.714. The van der Waals surface area contributed by atoms with Crippen LogP contribution in [-0.2, 0) is 19.0 Å². The Morgan fingerprint density at radius 3 is 2.43 bits per heavy atom. The average molecular weight is 346 g/mol. The number of nitrogens with one attached hydrogen (secondary N) is 1. The van der Waals surface area contributed by atoms with Gasteiger partial charge in [-0.3, -0.25) is 18.5 Å². The molecule has 1 N–H and O–H groups in total. The molecular formula is C14H22N2O6S. The van der Waals surface area contributed by atoms with Gasteiger partial charge in [-0.2, -0.15) is 8.42 Å². The van der Waals surface area contributed by atoms with Gasteiger partial charge in [0.1, 0.15) is 6.10 Å². The van der Waals surface area contributed by atoms with Crippen LogP contribution in [-0.4, -0.2) is 35.9 Å². The van der Waals surface area contributed by atoms with Crippen LogP contribution < -0.4 is 11.2 Å². The molecule has 0 amide bonds. The number of aromatic amines is 1. The second kappa shape index (κ2) is 6.21. The van der Waals surface area contributed by atoms with E-state index in [-0.39, 0.29) is 5.92 Å². The summed E-state index contributed by atoms with van der Waals surface area (Å²) in [6.45, 7) is 5.73. The third kappa shape index (κ3) is 3.41. The molecule has 0 radical (unpaired) electrons. The largest absolute Gasteiger partial charge is 0.348 e. The van der Waals surface area contributed by atoms with Crippen molar-refractivity contribution in [1.82, 2.24) is 9.55 Å². The Hall–Kier alpha value is -1.45. The lowest BCUT2D eigenvalue weighted by atomic mass is 9.83. The second-order valence-electron chi connectivity index (χ2n) is 5.85. The van der Waals surface area contributed by atoms with Crippen LogP contribution >= 0.6 is 0 Å². The van der Waals surface area contributed by atoms with Gasteiger partial charge < -0.3 is 4.74 Å². The SMILES string of the molecule is CCC1(CC)O[C@@H](n2ccc(=O)[nH]c2=O)[C@@H](OS(C)(=O)=O)[C@@H]1C. The van der Waals surface area contributed by atoms with Crippen LogP contribution in [0.5, 0.6) is 0 Å². The molecule has 0 aliphatic carbocycles. The van der Waals surface area contributed by atoms with Crippen molar-refractivity contribution >= 4 is 10.1 Å². The maximum Gasteiger partial charge on any atom is 0.330 e. The number of H-pyrrole nitrogens is 1. The summed E-state index contributed by atoms with van der Waals surface area (Å²) in [5.41, 5.74) is -1.80. The number of ether oxygens (including phenoxy) is 1. The number of rotatable bonds is 5. The monoisotopic (exact) mass is 346 g/mol. The molecule has 1 aromatic heterocycles. The third-order valence-corrected chi connectivity index (χ3v) is 5.14. The molecule has 130 valence electrons. The first-order chi connectivity index (χ1) is 10.6. The Morgan fingerprint density at radius 1 is 1.35 bits per heavy atom. The van der Waals surface area contributed by atoms with Crippen molar-refractivity contribution < 1.29 is 17.3 Å². The lowest BCUT2D eigenvalue weighted by Gasteiger charge is -2.30. The first kappa shape index (κ1) is 17.9. The van der Waals surface area contributed by atoms with Crippen LogP contribution in [0.2, 0.25) is 0 Å². The van der Waals surface area contributed by atoms with E-state index in [1.54, 1.807) is 0 Å². The fourth-order valence-corrected chi connectivity index (χ4v) is 3.86. The Kier molecular flexibility index (Phi) is 4.84. The van der Waals surface area contributed by atoms with E-state index in [1.807, 2.05) is 20.8 Å². The van der Waals surface area contributed by atoms with Crippen LogP contribution in [0.4, 0.5) is 0 Å². The highest BCUT2D eigenvalue weighted by Crippen LogP contribution is 2.46. The fourth-order valence-electron chi connectivity index (χ4n) is 3.20. The molecule has 1 aliphatic heterocycles. The third-order valence-electron chi connectivity index (χ3n) is 4.57. The van der Waals surface area contributed by atoms with E-state index >= 15 is 0 Å². The number of hydrogen-bond acceptors (Lipinski definition) is 6. The van der Waals surface area contributed by atoms with E-state index in [4.69, 9.17) is 8.92 Å². The van der Waals surface area contributed by atoms with Crippen molar-refractivity contribution in [3.05, 3.63) is 33.1 Å². The molecular weight excluding hydrogens is 324 g/mol. The first-order valence-corrected chi connectivity index (χ1v) is 9.32. The minimum atomic E-state index is -3.74. The molecule has 2 heterocycles. The lowest BCUT2D eigenvalue weighted by molar-refractivity contribution is -0.0960. The van der Waals surface area contributed by atoms with Gasteiger partial charge in [-0.1, -0.05) is 20.8 Å². The van der Waals surface area contributed by atoms with Gasteiger partial charge in [0.25, 0.3) is 15.7 Å². The van der Waals surface area contributed by atoms with Crippen molar-refractivity contribution in [2.45, 2.75) is 51.5 Å². The van der Waals surface area contributed by atoms with Gasteiger partial charge >= 0.3 is 5.69 Å². The summed E-state index contributed by atoms with van der Waals surface area (Å²) in [5, 5.41) is 0. The number of nitrogens with zero attached hydrogens (tertiary/aromatic N) is 1. The summed E-state index contributed by atoms with van der Waals surface area (Å²) in [4.78, 5) is 25.4. The van der Waals surface area contributed by atoms with Crippen LogP contribution in [0, 0.1) is 5.92 Å². The number of aromatic nitrogens is 2.